The van der Waals surface area contributed by atoms with Gasteiger partial charge in [-0.2, -0.15) is 21.0 Å². The van der Waals surface area contributed by atoms with Crippen LogP contribution >= 0.6 is 0 Å². The third kappa shape index (κ3) is 6.36. The molecular weight excluding hydrogens is 228 g/mol. The maximum Gasteiger partial charge on any atom is 0.0618 e. The van der Waals surface area contributed by atoms with Gasteiger partial charge in [0, 0.05) is 25.7 Å². The van der Waals surface area contributed by atoms with Crippen molar-refractivity contribution in [1.29, 1.82) is 21.0 Å². The molecule has 4 nitrogen and oxygen atoms in total. The lowest BCUT2D eigenvalue weighted by atomic mass is 10.5. The largest absolute Gasteiger partial charge is 0.198 e. The van der Waals surface area contributed by atoms with Gasteiger partial charge in [0.15, 0.2) is 0 Å². The molecule has 0 unspecified atom stereocenters. The highest BCUT2D eigenvalue weighted by Gasteiger charge is 2.31. The maximum atomic E-state index is 8.68. The fraction of sp³-hybridized carbons (Fsp3) is 0.667. The van der Waals surface area contributed by atoms with Crippen molar-refractivity contribution >= 4 is 8.07 Å². The molecule has 0 aliphatic carbocycles. The van der Waals surface area contributed by atoms with Gasteiger partial charge in [0.2, 0.25) is 0 Å². The molecule has 0 N–H and O–H groups in total. The highest BCUT2D eigenvalue weighted by atomic mass is 28.3. The Hall–Kier alpha value is -1.82. The van der Waals surface area contributed by atoms with Gasteiger partial charge in [-0.25, -0.2) is 0 Å². The molecule has 0 atom stereocenters. The van der Waals surface area contributed by atoms with Crippen LogP contribution in [-0.4, -0.2) is 8.07 Å². The summed E-state index contributed by atoms with van der Waals surface area (Å²) in [5.41, 5.74) is 0. The van der Waals surface area contributed by atoms with Crippen molar-refractivity contribution in [2.24, 2.45) is 0 Å². The van der Waals surface area contributed by atoms with Crippen LogP contribution in [0.1, 0.15) is 25.7 Å². The van der Waals surface area contributed by atoms with Crippen LogP contribution in [0.15, 0.2) is 0 Å². The quantitative estimate of drug-likeness (QED) is 0.613. The molecule has 0 aromatic heterocycles. The summed E-state index contributed by atoms with van der Waals surface area (Å²) in [6, 6.07) is 11.8. The van der Waals surface area contributed by atoms with Crippen LogP contribution in [0, 0.1) is 45.3 Å². The molecule has 0 aliphatic rings. The standard InChI is InChI=1S/C12H16N4Si/c13-5-1-9-17(10-2-6-14,11-3-7-15)12-4-8-16/h1-4,9-12H2. The van der Waals surface area contributed by atoms with Crippen LogP contribution in [-0.2, 0) is 0 Å². The zero-order valence-corrected chi connectivity index (χ0v) is 10.9. The number of hydrogen-bond acceptors (Lipinski definition) is 4. The van der Waals surface area contributed by atoms with E-state index in [4.69, 9.17) is 21.0 Å². The number of nitriles is 4. The molecule has 0 aromatic rings. The first kappa shape index (κ1) is 15.2. The Morgan fingerprint density at radius 2 is 0.765 bits per heavy atom. The summed E-state index contributed by atoms with van der Waals surface area (Å²) in [5, 5.41) is 34.7. The second-order valence-electron chi connectivity index (χ2n) is 4.13. The predicted octanol–water partition coefficient (Wildman–Crippen LogP) is 3.09. The average Bonchev–Trinajstić information content (AvgIpc) is 2.37. The molecule has 0 fully saturated rings. The summed E-state index contributed by atoms with van der Waals surface area (Å²) in [5.74, 6) is 0. The highest BCUT2D eigenvalue weighted by Crippen LogP contribution is 2.31. The van der Waals surface area contributed by atoms with Gasteiger partial charge in [0.05, 0.1) is 32.4 Å². The smallest absolute Gasteiger partial charge is 0.0618 e. The van der Waals surface area contributed by atoms with Gasteiger partial charge in [0.25, 0.3) is 0 Å². The van der Waals surface area contributed by atoms with Crippen molar-refractivity contribution in [3.8, 4) is 24.3 Å². The van der Waals surface area contributed by atoms with E-state index in [2.05, 4.69) is 24.3 Å². The molecule has 0 heterocycles. The molecule has 88 valence electrons. The molecule has 0 amide bonds. The Balaban J connectivity index is 4.67. The van der Waals surface area contributed by atoms with Gasteiger partial charge in [-0.05, 0) is 24.2 Å². The first-order valence-electron chi connectivity index (χ1n) is 5.72. The third-order valence-corrected chi connectivity index (χ3v) is 8.31. The molecule has 0 spiro atoms. The van der Waals surface area contributed by atoms with Gasteiger partial charge < -0.3 is 0 Å². The van der Waals surface area contributed by atoms with Crippen LogP contribution in [0.25, 0.3) is 0 Å². The predicted molar refractivity (Wildman–Crippen MR) is 65.9 cm³/mol. The van der Waals surface area contributed by atoms with Gasteiger partial charge in [-0.3, -0.25) is 0 Å². The van der Waals surface area contributed by atoms with E-state index >= 15 is 0 Å². The van der Waals surface area contributed by atoms with Crippen LogP contribution in [0.3, 0.4) is 0 Å². The van der Waals surface area contributed by atoms with Gasteiger partial charge in [0.1, 0.15) is 0 Å². The van der Waals surface area contributed by atoms with Crippen LogP contribution in [0.4, 0.5) is 0 Å². The van der Waals surface area contributed by atoms with Crippen molar-refractivity contribution in [1.82, 2.24) is 0 Å². The molecule has 0 rings (SSSR count). The molecule has 0 aromatic carbocycles. The summed E-state index contributed by atoms with van der Waals surface area (Å²) in [4.78, 5) is 0. The maximum absolute atomic E-state index is 8.68. The second kappa shape index (κ2) is 9.41. The van der Waals surface area contributed by atoms with E-state index in [0.29, 0.717) is 25.7 Å². The van der Waals surface area contributed by atoms with E-state index < -0.39 is 8.07 Å². The monoisotopic (exact) mass is 244 g/mol. The summed E-state index contributed by atoms with van der Waals surface area (Å²) >= 11 is 0. The molecular formula is C12H16N4Si. The second-order valence-corrected chi connectivity index (χ2v) is 9.13. The number of hydrogen-bond donors (Lipinski definition) is 0. The molecule has 0 aliphatic heterocycles. The van der Waals surface area contributed by atoms with Crippen LogP contribution in [0.5, 0.6) is 0 Å². The lowest BCUT2D eigenvalue weighted by Gasteiger charge is -2.29. The van der Waals surface area contributed by atoms with Crippen molar-refractivity contribution in [2.75, 3.05) is 0 Å². The van der Waals surface area contributed by atoms with E-state index in [1.807, 2.05) is 0 Å². The average molecular weight is 244 g/mol. The van der Waals surface area contributed by atoms with Gasteiger partial charge in [-0.15, -0.1) is 0 Å². The van der Waals surface area contributed by atoms with E-state index in [-0.39, 0.29) is 0 Å². The Bertz CT molecular complexity index is 300. The number of rotatable bonds is 8. The minimum absolute atomic E-state index is 0.481. The Morgan fingerprint density at radius 3 is 0.941 bits per heavy atom. The van der Waals surface area contributed by atoms with Gasteiger partial charge in [-0.1, -0.05) is 0 Å². The summed E-state index contributed by atoms with van der Waals surface area (Å²) < 4.78 is 0. The normalized spacial score (nSPS) is 9.65. The minimum atomic E-state index is -1.77. The van der Waals surface area contributed by atoms with E-state index in [0.717, 1.165) is 24.2 Å². The molecule has 0 radical (unpaired) electrons. The van der Waals surface area contributed by atoms with Crippen molar-refractivity contribution in [3.05, 3.63) is 0 Å². The summed E-state index contributed by atoms with van der Waals surface area (Å²) in [6.45, 7) is 0. The topological polar surface area (TPSA) is 95.2 Å². The van der Waals surface area contributed by atoms with Crippen LogP contribution < -0.4 is 0 Å². The zero-order chi connectivity index (χ0) is 13.0. The lowest BCUT2D eigenvalue weighted by Crippen LogP contribution is -2.33. The molecule has 17 heavy (non-hydrogen) atoms. The van der Waals surface area contributed by atoms with E-state index in [9.17, 15) is 0 Å². The molecule has 0 bridgehead atoms. The Kier molecular flexibility index (Phi) is 8.40. The molecule has 5 heteroatoms. The molecule has 0 saturated heterocycles. The molecule has 0 saturated carbocycles. The van der Waals surface area contributed by atoms with Crippen LogP contribution in [0.2, 0.25) is 24.2 Å². The summed E-state index contributed by atoms with van der Waals surface area (Å²) in [6.07, 6.45) is 1.92. The third-order valence-electron chi connectivity index (χ3n) is 3.07. The first-order valence-corrected chi connectivity index (χ1v) is 8.55. The Labute approximate surface area is 104 Å². The Morgan fingerprint density at radius 1 is 0.529 bits per heavy atom. The van der Waals surface area contributed by atoms with Gasteiger partial charge >= 0.3 is 0 Å². The van der Waals surface area contributed by atoms with Crippen molar-refractivity contribution in [3.63, 3.8) is 0 Å². The fourth-order valence-electron chi connectivity index (χ4n) is 2.03. The van der Waals surface area contributed by atoms with Crippen molar-refractivity contribution < 1.29 is 0 Å². The number of nitrogens with zero attached hydrogens (tertiary/aromatic N) is 4. The zero-order valence-electron chi connectivity index (χ0n) is 9.95. The lowest BCUT2D eigenvalue weighted by molar-refractivity contribution is 0.972. The van der Waals surface area contributed by atoms with Crippen molar-refractivity contribution in [2.45, 2.75) is 49.9 Å². The summed E-state index contributed by atoms with van der Waals surface area (Å²) in [7, 11) is -1.77. The minimum Gasteiger partial charge on any atom is -0.198 e. The fourth-order valence-corrected chi connectivity index (χ4v) is 6.10. The SMILES string of the molecule is N#CCC[Si](CCC#N)(CCC#N)CCC#N. The van der Waals surface area contributed by atoms with E-state index in [1.54, 1.807) is 0 Å². The highest BCUT2D eigenvalue weighted by molar-refractivity contribution is 6.80. The van der Waals surface area contributed by atoms with E-state index in [1.165, 1.54) is 0 Å². The first-order chi connectivity index (χ1) is 8.24.